The van der Waals surface area contributed by atoms with Crippen molar-refractivity contribution in [3.05, 3.63) is 211 Å². The lowest BCUT2D eigenvalue weighted by Crippen LogP contribution is -2.37. The zero-order chi connectivity index (χ0) is 68.2. The third-order valence-electron chi connectivity index (χ3n) is 18.2. The molecule has 0 bridgehead atoms. The van der Waals surface area contributed by atoms with Crippen molar-refractivity contribution in [1.29, 1.82) is 0 Å². The van der Waals surface area contributed by atoms with Crippen LogP contribution >= 0.6 is 0 Å². The molecule has 0 saturated heterocycles. The van der Waals surface area contributed by atoms with Gasteiger partial charge in [-0.1, -0.05) is 297 Å². The molecule has 0 amide bonds. The summed E-state index contributed by atoms with van der Waals surface area (Å²) in [5.41, 5.74) is 23.9. The van der Waals surface area contributed by atoms with E-state index in [2.05, 4.69) is 365 Å². The van der Waals surface area contributed by atoms with Gasteiger partial charge >= 0.3 is 0 Å². The van der Waals surface area contributed by atoms with Gasteiger partial charge in [0.25, 0.3) is 0 Å². The Morgan fingerprint density at radius 2 is 0.685 bits per heavy atom. The van der Waals surface area contributed by atoms with E-state index in [4.69, 9.17) is 0 Å². The zero-order valence-electron chi connectivity index (χ0n) is 61.3. The molecule has 0 aliphatic heterocycles. The first-order valence-electron chi connectivity index (χ1n) is 33.4. The average Bonchev–Trinajstić information content (AvgIpc) is 0.771. The van der Waals surface area contributed by atoms with Gasteiger partial charge in [0.1, 0.15) is 16.1 Å². The van der Waals surface area contributed by atoms with Crippen LogP contribution in [0.15, 0.2) is 127 Å². The molecule has 0 N–H and O–H groups in total. The van der Waals surface area contributed by atoms with Crippen LogP contribution in [0, 0.1) is 75.7 Å². The maximum absolute atomic E-state index is 3.99. The highest BCUT2D eigenvalue weighted by atomic mass is 28.3. The summed E-state index contributed by atoms with van der Waals surface area (Å²) >= 11 is 0. The third kappa shape index (κ3) is 16.6. The second-order valence-corrected chi connectivity index (χ2v) is 44.4. The quantitative estimate of drug-likeness (QED) is 0.122. The monoisotopic (exact) mass is 1240 g/mol. The summed E-state index contributed by atoms with van der Waals surface area (Å²) in [6.45, 7) is 62.2. The molecule has 0 aromatic heterocycles. The standard InChI is InChI=1S/C90H104Si2/c1-83(2,3)68-40-44-71-74(80(86(10,11)12)55-65(77(71)58-68)39-37-62-31-29-28-30-32-62)43-38-63-33-35-64(36-34-63)61-89(19,20)51-47-66-56-81(87(13,14)15)75(72-45-41-69(59-78(66)72)84(4,5)6)48-52-90(21,22)92(26,27)54-49-67-57-82(88(16,17)18)76(50-53-91(23,24)25)73-46-42-70(60-79(67)73)85(7,8)9/h28-36,40-42,44-46,55-60H,61H2,1-27H3. The summed E-state index contributed by atoms with van der Waals surface area (Å²) in [4.78, 5) is 0. The van der Waals surface area contributed by atoms with Gasteiger partial charge in [-0.3, -0.25) is 0 Å². The van der Waals surface area contributed by atoms with Crippen molar-refractivity contribution < 1.29 is 0 Å². The fourth-order valence-corrected chi connectivity index (χ4v) is 13.1. The Hall–Kier alpha value is -7.67. The third-order valence-corrected chi connectivity index (χ3v) is 23.0. The summed E-state index contributed by atoms with van der Waals surface area (Å²) in [6, 6.07) is 47.0. The van der Waals surface area contributed by atoms with E-state index in [9.17, 15) is 0 Å². The van der Waals surface area contributed by atoms with Crippen molar-refractivity contribution in [2.75, 3.05) is 0 Å². The minimum absolute atomic E-state index is 0.0163. The molecular formula is C90H104Si2. The molecule has 0 saturated carbocycles. The average molecular weight is 1240 g/mol. The fraction of sp³-hybridized carbons (Fsp3) is 0.400. The van der Waals surface area contributed by atoms with Crippen LogP contribution in [-0.4, -0.2) is 16.1 Å². The van der Waals surface area contributed by atoms with Crippen molar-refractivity contribution in [2.45, 2.75) is 229 Å². The minimum Gasteiger partial charge on any atom is -0.127 e. The van der Waals surface area contributed by atoms with Gasteiger partial charge < -0.3 is 0 Å². The highest BCUT2D eigenvalue weighted by Gasteiger charge is 2.38. The van der Waals surface area contributed by atoms with E-state index in [1.54, 1.807) is 0 Å². The lowest BCUT2D eigenvalue weighted by atomic mass is 9.78. The normalized spacial score (nSPS) is 12.7. The molecule has 2 heteroatoms. The predicted octanol–water partition coefficient (Wildman–Crippen LogP) is 23.0. The summed E-state index contributed by atoms with van der Waals surface area (Å²) in [5, 5.41) is 6.60. The van der Waals surface area contributed by atoms with E-state index < -0.39 is 16.1 Å². The van der Waals surface area contributed by atoms with Crippen LogP contribution < -0.4 is 0 Å². The Morgan fingerprint density at radius 3 is 1.10 bits per heavy atom. The summed E-state index contributed by atoms with van der Waals surface area (Å²) < 4.78 is 0. The Balaban J connectivity index is 1.16. The molecule has 0 fully saturated rings. The van der Waals surface area contributed by atoms with E-state index >= 15 is 0 Å². The Kier molecular flexibility index (Phi) is 19.3. The molecule has 8 rings (SSSR count). The Morgan fingerprint density at radius 1 is 0.304 bits per heavy atom. The van der Waals surface area contributed by atoms with E-state index in [1.165, 1.54) is 49.7 Å². The molecule has 472 valence electrons. The van der Waals surface area contributed by atoms with Gasteiger partial charge in [0, 0.05) is 55.0 Å². The summed E-state index contributed by atoms with van der Waals surface area (Å²) in [7, 11) is -4.07. The van der Waals surface area contributed by atoms with Gasteiger partial charge in [0.15, 0.2) is 0 Å². The van der Waals surface area contributed by atoms with Gasteiger partial charge in [-0.2, -0.15) is 0 Å². The molecule has 0 spiro atoms. The number of fused-ring (bicyclic) bond motifs is 3. The number of benzene rings is 8. The van der Waals surface area contributed by atoms with Crippen LogP contribution in [0.5, 0.6) is 0 Å². The molecule has 0 atom stereocenters. The molecule has 0 nitrogen and oxygen atoms in total. The number of hydrogen-bond donors (Lipinski definition) is 0. The summed E-state index contributed by atoms with van der Waals surface area (Å²) in [5.74, 6) is 37.5. The van der Waals surface area contributed by atoms with E-state index in [1.807, 2.05) is 18.2 Å². The van der Waals surface area contributed by atoms with Crippen LogP contribution in [0.25, 0.3) is 32.3 Å². The second-order valence-electron chi connectivity index (χ2n) is 34.9. The number of rotatable bonds is 3. The largest absolute Gasteiger partial charge is 0.150 e. The van der Waals surface area contributed by atoms with Gasteiger partial charge in [-0.05, 0) is 185 Å². The van der Waals surface area contributed by atoms with Crippen LogP contribution in [0.1, 0.15) is 236 Å². The topological polar surface area (TPSA) is 0 Å². The zero-order valence-corrected chi connectivity index (χ0v) is 63.3. The molecule has 0 radical (unpaired) electrons. The highest BCUT2D eigenvalue weighted by Crippen LogP contribution is 2.42. The first-order valence-corrected chi connectivity index (χ1v) is 39.9. The molecule has 8 aromatic rings. The van der Waals surface area contributed by atoms with Crippen molar-refractivity contribution in [3.63, 3.8) is 0 Å². The molecule has 92 heavy (non-hydrogen) atoms. The number of hydrogen-bond acceptors (Lipinski definition) is 0. The van der Waals surface area contributed by atoms with Crippen LogP contribution in [0.3, 0.4) is 0 Å². The molecule has 0 aliphatic rings. The Labute approximate surface area is 560 Å². The maximum Gasteiger partial charge on any atom is 0.150 e. The van der Waals surface area contributed by atoms with E-state index in [0.29, 0.717) is 0 Å². The SMILES string of the molecule is CC(C)(C#Cc1cc(C(C)(C)C)c(C#CC(C)(C)[Si](C)(C)C#Cc2cc(C(C)(C)C)c(C#C[Si](C)(C)C)c3ccc(C(C)(C)C)cc23)c2ccc(C(C)(C)C)cc12)Cc1ccc(C#Cc2c(C(C)(C)C)cc(C#Cc3ccccc3)c3cc(C(C)(C)C)ccc23)cc1. The lowest BCUT2D eigenvalue weighted by molar-refractivity contribution is 0.501. The first kappa shape index (κ1) is 70.2. The highest BCUT2D eigenvalue weighted by molar-refractivity contribution is 6.88. The lowest BCUT2D eigenvalue weighted by Gasteiger charge is -2.31. The smallest absolute Gasteiger partial charge is 0.127 e. The second kappa shape index (κ2) is 25.3. The Bertz CT molecular complexity index is 4580. The van der Waals surface area contributed by atoms with Crippen LogP contribution in [0.4, 0.5) is 0 Å². The molecular weight excluding hydrogens is 1140 g/mol. The maximum atomic E-state index is 3.99. The van der Waals surface area contributed by atoms with E-state index in [-0.39, 0.29) is 42.9 Å². The molecule has 0 aliphatic carbocycles. The van der Waals surface area contributed by atoms with Gasteiger partial charge in [-0.25, -0.2) is 0 Å². The van der Waals surface area contributed by atoms with E-state index in [0.717, 1.165) is 72.5 Å². The van der Waals surface area contributed by atoms with Crippen molar-refractivity contribution in [1.82, 2.24) is 0 Å². The van der Waals surface area contributed by atoms with Crippen LogP contribution in [-0.2, 0) is 38.9 Å². The van der Waals surface area contributed by atoms with Gasteiger partial charge in [0.05, 0.1) is 0 Å². The summed E-state index contributed by atoms with van der Waals surface area (Å²) in [6.07, 6.45) is 0.789. The van der Waals surface area contributed by atoms with Crippen LogP contribution in [0.2, 0.25) is 37.8 Å². The minimum atomic E-state index is -2.41. The van der Waals surface area contributed by atoms with Gasteiger partial charge in [0.2, 0.25) is 0 Å². The van der Waals surface area contributed by atoms with Crippen molar-refractivity contribution in [2.24, 2.45) is 5.41 Å². The van der Waals surface area contributed by atoms with Crippen molar-refractivity contribution in [3.8, 4) is 70.3 Å². The van der Waals surface area contributed by atoms with Gasteiger partial charge in [-0.15, -0.1) is 11.1 Å². The first-order chi connectivity index (χ1) is 42.2. The molecule has 0 heterocycles. The van der Waals surface area contributed by atoms with Crippen molar-refractivity contribution >= 4 is 48.5 Å². The molecule has 8 aromatic carbocycles. The molecule has 0 unspecified atom stereocenters. The fourth-order valence-electron chi connectivity index (χ4n) is 11.5. The predicted molar refractivity (Wildman–Crippen MR) is 409 cm³/mol.